The Hall–Kier alpha value is -1.92. The molecule has 0 heterocycles. The number of rotatable bonds is 9. The smallest absolute Gasteiger partial charge is 0.326 e. The molecule has 0 aliphatic carbocycles. The molecule has 1 aromatic rings. The van der Waals surface area contributed by atoms with Crippen molar-refractivity contribution in [2.75, 3.05) is 26.8 Å². The normalized spacial score (nSPS) is 11.8. The predicted molar refractivity (Wildman–Crippen MR) is 74.5 cm³/mol. The summed E-state index contributed by atoms with van der Waals surface area (Å²) in [6.45, 7) is 1.11. The van der Waals surface area contributed by atoms with Crippen molar-refractivity contribution in [1.29, 1.82) is 0 Å². The van der Waals surface area contributed by atoms with Crippen LogP contribution < -0.4 is 10.6 Å². The van der Waals surface area contributed by atoms with Gasteiger partial charge in [0.15, 0.2) is 0 Å². The highest BCUT2D eigenvalue weighted by Crippen LogP contribution is 2.03. The fourth-order valence-electron chi connectivity index (χ4n) is 1.67. The Balaban J connectivity index is 2.43. The number of ether oxygens (including phenoxy) is 1. The topological polar surface area (TPSA) is 87.7 Å². The second kappa shape index (κ2) is 9.06. The zero-order valence-corrected chi connectivity index (χ0v) is 11.5. The van der Waals surface area contributed by atoms with Gasteiger partial charge in [0.1, 0.15) is 6.04 Å². The molecule has 1 rings (SSSR count). The number of nitrogens with one attached hydrogen (secondary N) is 2. The van der Waals surface area contributed by atoms with Crippen LogP contribution in [0.4, 0.5) is 0 Å². The number of aliphatic carboxylic acids is 1. The molecular weight excluding hydrogens is 260 g/mol. The lowest BCUT2D eigenvalue weighted by atomic mass is 10.1. The van der Waals surface area contributed by atoms with Crippen molar-refractivity contribution in [3.63, 3.8) is 0 Å². The summed E-state index contributed by atoms with van der Waals surface area (Å²) in [6.07, 6.45) is 0.264. The summed E-state index contributed by atoms with van der Waals surface area (Å²) in [6, 6.07) is 8.27. The zero-order valence-electron chi connectivity index (χ0n) is 11.5. The van der Waals surface area contributed by atoms with E-state index in [1.54, 1.807) is 7.11 Å². The summed E-state index contributed by atoms with van der Waals surface area (Å²) in [4.78, 5) is 22.8. The van der Waals surface area contributed by atoms with E-state index in [1.165, 1.54) is 0 Å². The van der Waals surface area contributed by atoms with E-state index in [2.05, 4.69) is 10.6 Å². The molecule has 0 aliphatic heterocycles. The van der Waals surface area contributed by atoms with Gasteiger partial charge in [0.2, 0.25) is 5.91 Å². The lowest BCUT2D eigenvalue weighted by Gasteiger charge is -2.15. The Kier molecular flexibility index (Phi) is 7.31. The van der Waals surface area contributed by atoms with Gasteiger partial charge in [-0.3, -0.25) is 4.79 Å². The van der Waals surface area contributed by atoms with Gasteiger partial charge in [-0.2, -0.15) is 0 Å². The van der Waals surface area contributed by atoms with Crippen molar-refractivity contribution >= 4 is 11.9 Å². The van der Waals surface area contributed by atoms with Crippen LogP contribution in [0.15, 0.2) is 30.3 Å². The fraction of sp³-hybridized carbons (Fsp3) is 0.429. The molecule has 0 spiro atoms. The molecule has 0 unspecified atom stereocenters. The number of carbonyl (C=O) groups excluding carboxylic acids is 1. The first kappa shape index (κ1) is 16.1. The molecule has 6 heteroatoms. The SMILES string of the molecule is COCCNCC(=O)N[C@@H](Cc1ccccc1)C(=O)O. The maximum Gasteiger partial charge on any atom is 0.326 e. The Morgan fingerprint density at radius 1 is 1.30 bits per heavy atom. The lowest BCUT2D eigenvalue weighted by molar-refractivity contribution is -0.141. The highest BCUT2D eigenvalue weighted by atomic mass is 16.5. The van der Waals surface area contributed by atoms with E-state index in [0.29, 0.717) is 13.2 Å². The van der Waals surface area contributed by atoms with E-state index < -0.39 is 12.0 Å². The summed E-state index contributed by atoms with van der Waals surface area (Å²) in [5, 5.41) is 14.5. The summed E-state index contributed by atoms with van der Waals surface area (Å²) < 4.78 is 4.83. The third-order valence-corrected chi connectivity index (χ3v) is 2.68. The second-order valence-corrected chi connectivity index (χ2v) is 4.32. The molecule has 0 aromatic heterocycles. The monoisotopic (exact) mass is 280 g/mol. The van der Waals surface area contributed by atoms with E-state index in [9.17, 15) is 9.59 Å². The number of amides is 1. The average molecular weight is 280 g/mol. The first-order chi connectivity index (χ1) is 9.63. The summed E-state index contributed by atoms with van der Waals surface area (Å²) in [5.74, 6) is -1.39. The number of carboxylic acid groups (broad SMARTS) is 1. The standard InChI is InChI=1S/C14H20N2O4/c1-20-8-7-15-10-13(17)16-12(14(18)19)9-11-5-3-2-4-6-11/h2-6,12,15H,7-10H2,1H3,(H,16,17)(H,18,19)/t12-/m0/s1. The number of methoxy groups -OCH3 is 1. The van der Waals surface area contributed by atoms with Crippen LogP contribution in [0.2, 0.25) is 0 Å². The van der Waals surface area contributed by atoms with Gasteiger partial charge in [-0.1, -0.05) is 30.3 Å². The largest absolute Gasteiger partial charge is 0.480 e. The molecule has 0 radical (unpaired) electrons. The van der Waals surface area contributed by atoms with E-state index in [1.807, 2.05) is 30.3 Å². The van der Waals surface area contributed by atoms with Gasteiger partial charge in [-0.25, -0.2) is 4.79 Å². The lowest BCUT2D eigenvalue weighted by Crippen LogP contribution is -2.46. The summed E-state index contributed by atoms with van der Waals surface area (Å²) in [7, 11) is 1.57. The van der Waals surface area contributed by atoms with Crippen LogP contribution in [-0.2, 0) is 20.7 Å². The highest BCUT2D eigenvalue weighted by molar-refractivity contribution is 5.84. The third-order valence-electron chi connectivity index (χ3n) is 2.68. The van der Waals surface area contributed by atoms with Crippen LogP contribution in [0.25, 0.3) is 0 Å². The number of hydrogen-bond acceptors (Lipinski definition) is 4. The van der Waals surface area contributed by atoms with Crippen LogP contribution in [0.1, 0.15) is 5.56 Å². The minimum absolute atomic E-state index is 0.0714. The zero-order chi connectivity index (χ0) is 14.8. The van der Waals surface area contributed by atoms with E-state index in [4.69, 9.17) is 9.84 Å². The number of benzene rings is 1. The van der Waals surface area contributed by atoms with Gasteiger partial charge in [-0.05, 0) is 5.56 Å². The molecule has 1 atom stereocenters. The van der Waals surface area contributed by atoms with Crippen molar-refractivity contribution in [3.05, 3.63) is 35.9 Å². The molecule has 6 nitrogen and oxygen atoms in total. The van der Waals surface area contributed by atoms with Crippen LogP contribution >= 0.6 is 0 Å². The quantitative estimate of drug-likeness (QED) is 0.556. The van der Waals surface area contributed by atoms with Gasteiger partial charge in [0.05, 0.1) is 13.2 Å². The van der Waals surface area contributed by atoms with Crippen LogP contribution in [0, 0.1) is 0 Å². The van der Waals surface area contributed by atoms with Crippen molar-refractivity contribution in [2.45, 2.75) is 12.5 Å². The summed E-state index contributed by atoms with van der Waals surface area (Å²) >= 11 is 0. The Morgan fingerprint density at radius 2 is 2.00 bits per heavy atom. The average Bonchev–Trinajstić information content (AvgIpc) is 2.44. The first-order valence-corrected chi connectivity index (χ1v) is 6.39. The Labute approximate surface area is 118 Å². The molecule has 1 aromatic carbocycles. The number of carboxylic acids is 1. The van der Waals surface area contributed by atoms with Crippen molar-refractivity contribution in [1.82, 2.24) is 10.6 Å². The molecular formula is C14H20N2O4. The van der Waals surface area contributed by atoms with Crippen LogP contribution in [0.5, 0.6) is 0 Å². The van der Waals surface area contributed by atoms with E-state index >= 15 is 0 Å². The molecule has 0 bridgehead atoms. The van der Waals surface area contributed by atoms with Crippen molar-refractivity contribution in [2.24, 2.45) is 0 Å². The summed E-state index contributed by atoms with van der Waals surface area (Å²) in [5.41, 5.74) is 0.868. The molecule has 0 fully saturated rings. The van der Waals surface area contributed by atoms with Gasteiger partial charge in [0.25, 0.3) is 0 Å². The Morgan fingerprint density at radius 3 is 2.60 bits per heavy atom. The van der Waals surface area contributed by atoms with Crippen molar-refractivity contribution < 1.29 is 19.4 Å². The number of carbonyl (C=O) groups is 2. The van der Waals surface area contributed by atoms with E-state index in [0.717, 1.165) is 5.56 Å². The first-order valence-electron chi connectivity index (χ1n) is 6.39. The molecule has 20 heavy (non-hydrogen) atoms. The van der Waals surface area contributed by atoms with E-state index in [-0.39, 0.29) is 18.9 Å². The molecule has 0 saturated carbocycles. The minimum Gasteiger partial charge on any atom is -0.480 e. The third kappa shape index (κ3) is 6.31. The highest BCUT2D eigenvalue weighted by Gasteiger charge is 2.19. The van der Waals surface area contributed by atoms with Crippen LogP contribution in [-0.4, -0.2) is 49.8 Å². The maximum atomic E-state index is 11.6. The van der Waals surface area contributed by atoms with Gasteiger partial charge < -0.3 is 20.5 Å². The molecule has 0 saturated heterocycles. The fourth-order valence-corrected chi connectivity index (χ4v) is 1.67. The molecule has 110 valence electrons. The predicted octanol–water partition coefficient (Wildman–Crippen LogP) is 0.0345. The molecule has 1 amide bonds. The maximum absolute atomic E-state index is 11.6. The molecule has 3 N–H and O–H groups in total. The number of hydrogen-bond donors (Lipinski definition) is 3. The van der Waals surface area contributed by atoms with Gasteiger partial charge >= 0.3 is 5.97 Å². The second-order valence-electron chi connectivity index (χ2n) is 4.32. The molecule has 0 aliphatic rings. The van der Waals surface area contributed by atoms with Crippen LogP contribution in [0.3, 0.4) is 0 Å². The van der Waals surface area contributed by atoms with Gasteiger partial charge in [0, 0.05) is 20.1 Å². The van der Waals surface area contributed by atoms with Crippen molar-refractivity contribution in [3.8, 4) is 0 Å². The van der Waals surface area contributed by atoms with Gasteiger partial charge in [-0.15, -0.1) is 0 Å². The Bertz CT molecular complexity index is 422. The minimum atomic E-state index is -1.04.